The third-order valence-electron chi connectivity index (χ3n) is 5.34. The van der Waals surface area contributed by atoms with Gasteiger partial charge >= 0.3 is 0 Å². The van der Waals surface area contributed by atoms with Gasteiger partial charge in [-0.25, -0.2) is 0 Å². The zero-order valence-electron chi connectivity index (χ0n) is 16.7. The van der Waals surface area contributed by atoms with E-state index < -0.39 is 0 Å². The molecule has 0 amide bonds. The van der Waals surface area contributed by atoms with Crippen molar-refractivity contribution in [2.24, 2.45) is 0 Å². The van der Waals surface area contributed by atoms with Crippen molar-refractivity contribution in [2.75, 3.05) is 25.4 Å². The van der Waals surface area contributed by atoms with E-state index in [9.17, 15) is 0 Å². The van der Waals surface area contributed by atoms with Gasteiger partial charge in [0, 0.05) is 28.2 Å². The third-order valence-corrected chi connectivity index (χ3v) is 5.56. The summed E-state index contributed by atoms with van der Waals surface area (Å²) in [6.45, 7) is 4.60. The number of pyridine rings is 1. The van der Waals surface area contributed by atoms with Crippen LogP contribution in [-0.4, -0.2) is 24.7 Å². The van der Waals surface area contributed by atoms with Crippen molar-refractivity contribution in [3.05, 3.63) is 70.4 Å². The number of nitrogens with zero attached hydrogens (tertiary/aromatic N) is 1. The number of nitrogens with two attached hydrogens (primary N) is 1. The molecule has 3 aromatic rings. The number of ether oxygens (including phenoxy) is 1. The lowest BCUT2D eigenvalue weighted by molar-refractivity contribution is 0.330. The highest BCUT2D eigenvalue weighted by Crippen LogP contribution is 2.32. The minimum Gasteiger partial charge on any atom is -0.493 e. The molecule has 1 aliphatic rings. The van der Waals surface area contributed by atoms with E-state index >= 15 is 0 Å². The maximum Gasteiger partial charge on any atom is 0.128 e. The number of fused-ring (bicyclic) bond motifs is 1. The summed E-state index contributed by atoms with van der Waals surface area (Å²) in [7, 11) is 0. The average Bonchev–Trinajstić information content (AvgIpc) is 2.71. The fraction of sp³-hybridized carbons (Fsp3) is 0.292. The molecular weight excluding hydrogens is 382 g/mol. The quantitative estimate of drug-likeness (QED) is 0.557. The van der Waals surface area contributed by atoms with Crippen molar-refractivity contribution in [3.8, 4) is 5.75 Å². The molecule has 0 atom stereocenters. The molecule has 1 fully saturated rings. The van der Waals surface area contributed by atoms with Crippen LogP contribution in [0.4, 0.5) is 5.69 Å². The maximum atomic E-state index is 6.29. The van der Waals surface area contributed by atoms with E-state index in [0.29, 0.717) is 17.3 Å². The van der Waals surface area contributed by atoms with Gasteiger partial charge in [0.2, 0.25) is 0 Å². The van der Waals surface area contributed by atoms with Gasteiger partial charge in [-0.1, -0.05) is 23.2 Å². The number of anilines is 1. The molecule has 5 heteroatoms. The Balaban J connectivity index is 1.58. The highest BCUT2D eigenvalue weighted by molar-refractivity contribution is 6.31. The Morgan fingerprint density at radius 3 is 2.76 bits per heavy atom. The van der Waals surface area contributed by atoms with Gasteiger partial charge in [0.05, 0.1) is 12.1 Å². The van der Waals surface area contributed by atoms with Crippen molar-refractivity contribution < 1.29 is 4.74 Å². The minimum absolute atomic E-state index is 0.589. The first-order valence-corrected chi connectivity index (χ1v) is 10.5. The van der Waals surface area contributed by atoms with Crippen LogP contribution in [0.5, 0.6) is 5.75 Å². The zero-order chi connectivity index (χ0) is 20.2. The van der Waals surface area contributed by atoms with E-state index in [1.165, 1.54) is 11.1 Å². The Hall–Kier alpha value is -2.56. The first kappa shape index (κ1) is 19.7. The van der Waals surface area contributed by atoms with Crippen LogP contribution < -0.4 is 15.8 Å². The van der Waals surface area contributed by atoms with E-state index in [0.717, 1.165) is 60.3 Å². The summed E-state index contributed by atoms with van der Waals surface area (Å²) >= 11 is 6.29. The molecule has 0 spiro atoms. The molecule has 1 aromatic heterocycles. The van der Waals surface area contributed by atoms with Gasteiger partial charge in [0.15, 0.2) is 0 Å². The molecule has 2 aromatic carbocycles. The van der Waals surface area contributed by atoms with Crippen molar-refractivity contribution in [1.29, 1.82) is 0 Å². The molecule has 150 valence electrons. The van der Waals surface area contributed by atoms with E-state index in [4.69, 9.17) is 22.1 Å². The van der Waals surface area contributed by atoms with Crippen LogP contribution >= 0.6 is 11.6 Å². The molecule has 29 heavy (non-hydrogen) atoms. The molecule has 4 rings (SSSR count). The first-order chi connectivity index (χ1) is 14.1. The van der Waals surface area contributed by atoms with Crippen LogP contribution in [0.2, 0.25) is 5.02 Å². The van der Waals surface area contributed by atoms with Gasteiger partial charge in [-0.05, 0) is 86.5 Å². The Labute approximate surface area is 176 Å². The molecule has 4 nitrogen and oxygen atoms in total. The average molecular weight is 408 g/mol. The summed E-state index contributed by atoms with van der Waals surface area (Å²) in [4.78, 5) is 4.60. The van der Waals surface area contributed by atoms with Gasteiger partial charge < -0.3 is 15.8 Å². The highest BCUT2D eigenvalue weighted by atomic mass is 35.5. The van der Waals surface area contributed by atoms with Crippen LogP contribution in [-0.2, 0) is 0 Å². The van der Waals surface area contributed by atoms with Crippen LogP contribution in [0.3, 0.4) is 0 Å². The monoisotopic (exact) mass is 407 g/mol. The van der Waals surface area contributed by atoms with Gasteiger partial charge in [-0.15, -0.1) is 0 Å². The van der Waals surface area contributed by atoms with Crippen LogP contribution in [0.15, 0.2) is 54.1 Å². The van der Waals surface area contributed by atoms with E-state index in [2.05, 4.69) is 16.4 Å². The van der Waals surface area contributed by atoms with Gasteiger partial charge in [-0.3, -0.25) is 4.98 Å². The Morgan fingerprint density at radius 2 is 1.97 bits per heavy atom. The lowest BCUT2D eigenvalue weighted by Crippen LogP contribution is -2.24. The second-order valence-electron chi connectivity index (χ2n) is 7.48. The molecular formula is C24H26ClN3O. The molecule has 2 heterocycles. The van der Waals surface area contributed by atoms with E-state index in [1.807, 2.05) is 43.3 Å². The molecule has 0 aliphatic carbocycles. The summed E-state index contributed by atoms with van der Waals surface area (Å²) in [6.07, 6.45) is 2.89. The van der Waals surface area contributed by atoms with E-state index in [-0.39, 0.29) is 0 Å². The highest BCUT2D eigenvalue weighted by Gasteiger charge is 2.14. The minimum atomic E-state index is 0.589. The molecule has 0 unspecified atom stereocenters. The van der Waals surface area contributed by atoms with Crippen molar-refractivity contribution in [2.45, 2.75) is 26.2 Å². The van der Waals surface area contributed by atoms with Crippen LogP contribution in [0, 0.1) is 6.92 Å². The lowest BCUT2D eigenvalue weighted by Gasteiger charge is -2.21. The fourth-order valence-corrected chi connectivity index (χ4v) is 4.20. The van der Waals surface area contributed by atoms with Crippen molar-refractivity contribution in [1.82, 2.24) is 10.3 Å². The summed E-state index contributed by atoms with van der Waals surface area (Å²) in [5, 5.41) is 5.14. The number of aromatic nitrogens is 1. The second-order valence-corrected chi connectivity index (χ2v) is 7.92. The summed E-state index contributed by atoms with van der Waals surface area (Å²) in [5.41, 5.74) is 12.6. The number of hydrogen-bond donors (Lipinski definition) is 2. The lowest BCUT2D eigenvalue weighted by atomic mass is 9.91. The van der Waals surface area contributed by atoms with Crippen LogP contribution in [0.25, 0.3) is 16.5 Å². The summed E-state index contributed by atoms with van der Waals surface area (Å²) < 4.78 is 6.21. The molecule has 0 saturated carbocycles. The molecule has 1 saturated heterocycles. The predicted octanol–water partition coefficient (Wildman–Crippen LogP) is 5.38. The zero-order valence-corrected chi connectivity index (χ0v) is 17.4. The number of benzene rings is 2. The number of rotatable bonds is 5. The number of hydrogen-bond acceptors (Lipinski definition) is 4. The number of nitrogens with one attached hydrogen (secondary N) is 1. The Kier molecular flexibility index (Phi) is 6.02. The SMILES string of the molecule is Cc1ccc2c(OCCC(=C3CCNCC3)c3cc(N)cc(Cl)c3)cccc2n1. The van der Waals surface area contributed by atoms with Gasteiger partial charge in [0.1, 0.15) is 5.75 Å². The normalized spacial score (nSPS) is 14.2. The molecule has 0 radical (unpaired) electrons. The number of aryl methyl sites for hydroxylation is 1. The van der Waals surface area contributed by atoms with Gasteiger partial charge in [-0.2, -0.15) is 0 Å². The summed E-state index contributed by atoms with van der Waals surface area (Å²) in [5.74, 6) is 0.871. The standard InChI is InChI=1S/C24H26ClN3O/c1-16-5-6-22-23(28-16)3-2-4-24(22)29-12-9-21(17-7-10-27-11-8-17)18-13-19(25)15-20(26)14-18/h2-6,13-15,27H,7-12,26H2,1H3. The molecule has 3 N–H and O–H groups in total. The van der Waals surface area contributed by atoms with E-state index in [1.54, 1.807) is 6.07 Å². The maximum absolute atomic E-state index is 6.29. The number of piperidine rings is 1. The van der Waals surface area contributed by atoms with Gasteiger partial charge in [0.25, 0.3) is 0 Å². The number of nitrogen functional groups attached to an aromatic ring is 1. The molecule has 0 bridgehead atoms. The predicted molar refractivity (Wildman–Crippen MR) is 121 cm³/mol. The second kappa shape index (κ2) is 8.85. The topological polar surface area (TPSA) is 60.2 Å². The smallest absolute Gasteiger partial charge is 0.128 e. The first-order valence-electron chi connectivity index (χ1n) is 10.1. The third kappa shape index (κ3) is 4.72. The Bertz CT molecular complexity index is 1030. The molecule has 1 aliphatic heterocycles. The summed E-state index contributed by atoms with van der Waals surface area (Å²) in [6, 6.07) is 15.9. The van der Waals surface area contributed by atoms with Crippen molar-refractivity contribution >= 4 is 33.8 Å². The fourth-order valence-electron chi connectivity index (χ4n) is 3.96. The van der Waals surface area contributed by atoms with Crippen LogP contribution in [0.1, 0.15) is 30.5 Å². The van der Waals surface area contributed by atoms with Crippen molar-refractivity contribution in [3.63, 3.8) is 0 Å². The Morgan fingerprint density at radius 1 is 1.14 bits per heavy atom. The largest absolute Gasteiger partial charge is 0.493 e. The number of halogens is 1.